The van der Waals surface area contributed by atoms with Crippen molar-refractivity contribution in [2.24, 2.45) is 0 Å². The Labute approximate surface area is 186 Å². The second-order valence-corrected chi connectivity index (χ2v) is 7.91. The molecule has 4 nitrogen and oxygen atoms in total. The van der Waals surface area contributed by atoms with Crippen LogP contribution in [0.3, 0.4) is 0 Å². The predicted molar refractivity (Wildman–Crippen MR) is 90.9 cm³/mol. The van der Waals surface area contributed by atoms with Crippen molar-refractivity contribution in [3.05, 3.63) is 0 Å². The van der Waals surface area contributed by atoms with Crippen LogP contribution in [0.5, 0.6) is 0 Å². The molecule has 1 atom stereocenters. The number of unbranched alkanes of at least 4 members (excludes halogenated alkanes) is 10. The summed E-state index contributed by atoms with van der Waals surface area (Å²) >= 11 is 0. The molecule has 0 rings (SSSR count). The first-order valence-corrected chi connectivity index (χ1v) is 10.6. The van der Waals surface area contributed by atoms with Gasteiger partial charge in [-0.25, -0.2) is 8.42 Å². The van der Waals surface area contributed by atoms with E-state index in [1.54, 1.807) is 0 Å². The Morgan fingerprint density at radius 2 is 1.17 bits per heavy atom. The molecule has 0 aliphatic heterocycles. The first kappa shape index (κ1) is 26.7. The molecule has 1 N–H and O–H groups in total. The zero-order chi connectivity index (χ0) is 16.7. The first-order valence-electron chi connectivity index (χ1n) is 9.07. The van der Waals surface area contributed by atoms with Gasteiger partial charge in [-0.1, -0.05) is 77.6 Å². The average molecular weight is 375 g/mol. The van der Waals surface area contributed by atoms with Gasteiger partial charge in [0.05, 0.1) is 16.2 Å². The van der Waals surface area contributed by atoms with Crippen molar-refractivity contribution >= 4 is 10.1 Å². The van der Waals surface area contributed by atoms with Gasteiger partial charge in [0, 0.05) is 5.75 Å². The monoisotopic (exact) mass is 374 g/mol. The summed E-state index contributed by atoms with van der Waals surface area (Å²) in [5.74, 6) is -0.225. The third-order valence-electron chi connectivity index (χ3n) is 4.07. The maximum atomic E-state index is 10.4. The van der Waals surface area contributed by atoms with E-state index in [9.17, 15) is 18.1 Å². The fourth-order valence-corrected chi connectivity index (χ4v) is 3.23. The Kier molecular flexibility index (Phi) is 21.3. The molecule has 23 heavy (non-hydrogen) atoms. The van der Waals surface area contributed by atoms with E-state index < -0.39 is 10.1 Å². The molecule has 0 bridgehead atoms. The van der Waals surface area contributed by atoms with Gasteiger partial charge in [0.2, 0.25) is 0 Å². The van der Waals surface area contributed by atoms with Crippen molar-refractivity contribution in [1.82, 2.24) is 0 Å². The number of aliphatic hydroxyl groups is 1. The normalized spacial score (nSPS) is 12.8. The van der Waals surface area contributed by atoms with Crippen molar-refractivity contribution in [1.29, 1.82) is 0 Å². The van der Waals surface area contributed by atoms with E-state index in [4.69, 9.17) is 0 Å². The Bertz CT molecular complexity index is 333. The largest absolute Gasteiger partial charge is 1.00 e. The number of rotatable bonds is 16. The van der Waals surface area contributed by atoms with E-state index in [1.165, 1.54) is 25.7 Å². The van der Waals surface area contributed by atoms with E-state index in [2.05, 4.69) is 6.92 Å². The van der Waals surface area contributed by atoms with E-state index >= 15 is 0 Å². The topological polar surface area (TPSA) is 77.4 Å². The van der Waals surface area contributed by atoms with Gasteiger partial charge in [-0.05, 0) is 19.3 Å². The molecule has 0 saturated heterocycles. The van der Waals surface area contributed by atoms with Crippen LogP contribution in [0.15, 0.2) is 0 Å². The van der Waals surface area contributed by atoms with Crippen molar-refractivity contribution in [2.45, 2.75) is 103 Å². The maximum absolute atomic E-state index is 10.4. The van der Waals surface area contributed by atoms with Crippen molar-refractivity contribution in [3.8, 4) is 0 Å². The summed E-state index contributed by atoms with van der Waals surface area (Å²) in [6.45, 7) is 2.21. The van der Waals surface area contributed by atoms with Crippen LogP contribution >= 0.6 is 0 Å². The van der Waals surface area contributed by atoms with Gasteiger partial charge in [0.1, 0.15) is 0 Å². The van der Waals surface area contributed by atoms with Gasteiger partial charge in [-0.2, -0.15) is 0 Å². The van der Waals surface area contributed by atoms with E-state index in [0.29, 0.717) is 6.42 Å². The van der Waals surface area contributed by atoms with Gasteiger partial charge in [-0.15, -0.1) is 0 Å². The van der Waals surface area contributed by atoms with Gasteiger partial charge in [0.25, 0.3) is 0 Å². The molecule has 0 aromatic heterocycles. The quantitative estimate of drug-likeness (QED) is 0.251. The molecule has 1 unspecified atom stereocenters. The van der Waals surface area contributed by atoms with Crippen molar-refractivity contribution in [3.63, 3.8) is 0 Å². The first-order chi connectivity index (χ1) is 10.5. The van der Waals surface area contributed by atoms with Crippen LogP contribution in [0.2, 0.25) is 0 Å². The van der Waals surface area contributed by atoms with Crippen molar-refractivity contribution in [2.75, 3.05) is 5.75 Å². The summed E-state index contributed by atoms with van der Waals surface area (Å²) in [4.78, 5) is 0. The molecule has 0 saturated carbocycles. The summed E-state index contributed by atoms with van der Waals surface area (Å²) in [6, 6.07) is 0. The molecule has 134 valence electrons. The molecular formula is C17H35KO4S. The van der Waals surface area contributed by atoms with Crippen LogP contribution < -0.4 is 51.4 Å². The second-order valence-electron chi connectivity index (χ2n) is 6.38. The van der Waals surface area contributed by atoms with Crippen LogP contribution in [0, 0.1) is 0 Å². The third-order valence-corrected chi connectivity index (χ3v) is 4.86. The Hall–Kier alpha value is 1.51. The molecule has 0 radical (unpaired) electrons. The van der Waals surface area contributed by atoms with Gasteiger partial charge < -0.3 is 9.66 Å². The molecule has 0 fully saturated rings. The van der Waals surface area contributed by atoms with Gasteiger partial charge >= 0.3 is 51.4 Å². The molecule has 0 heterocycles. The smallest absolute Gasteiger partial charge is 0.748 e. The summed E-state index contributed by atoms with van der Waals surface area (Å²) in [5, 5.41) is 9.87. The minimum atomic E-state index is -4.03. The summed E-state index contributed by atoms with van der Waals surface area (Å²) in [7, 11) is -4.03. The fraction of sp³-hybridized carbons (Fsp3) is 1.00. The van der Waals surface area contributed by atoms with Crippen LogP contribution in [0.1, 0.15) is 96.8 Å². The molecule has 6 heteroatoms. The van der Waals surface area contributed by atoms with E-state index in [-0.39, 0.29) is 63.2 Å². The zero-order valence-electron chi connectivity index (χ0n) is 15.3. The Morgan fingerprint density at radius 1 is 0.783 bits per heavy atom. The molecule has 0 aromatic rings. The Balaban J connectivity index is 0. The standard InChI is InChI=1S/C17H36O4S.K/c1-2-3-4-8-11-14-17(18)15-12-9-6-5-7-10-13-16-22(19,20)21;/h17-18H,2-16H2,1H3,(H,19,20,21);/q;+1/p-1. The molecule has 0 aliphatic carbocycles. The molecule has 0 spiro atoms. The maximum Gasteiger partial charge on any atom is 1.00 e. The van der Waals surface area contributed by atoms with Crippen molar-refractivity contribution < 1.29 is 69.5 Å². The summed E-state index contributed by atoms with van der Waals surface area (Å²) in [6.07, 6.45) is 14.7. The van der Waals surface area contributed by atoms with Gasteiger partial charge in [0.15, 0.2) is 0 Å². The minimum absolute atomic E-state index is 0. The van der Waals surface area contributed by atoms with Gasteiger partial charge in [-0.3, -0.25) is 0 Å². The summed E-state index contributed by atoms with van der Waals surface area (Å²) in [5.41, 5.74) is 0. The molecular weight excluding hydrogens is 339 g/mol. The predicted octanol–water partition coefficient (Wildman–Crippen LogP) is 1.38. The van der Waals surface area contributed by atoms with Crippen LogP contribution in [0.4, 0.5) is 0 Å². The third kappa shape index (κ3) is 23.5. The van der Waals surface area contributed by atoms with Crippen LogP contribution in [-0.4, -0.2) is 29.9 Å². The van der Waals surface area contributed by atoms with E-state index in [1.807, 2.05) is 0 Å². The number of hydrogen-bond acceptors (Lipinski definition) is 4. The van der Waals surface area contributed by atoms with Crippen LogP contribution in [0.25, 0.3) is 0 Å². The molecule has 0 aromatic carbocycles. The fourth-order valence-electron chi connectivity index (χ4n) is 2.67. The SMILES string of the molecule is CCCCCCCC(O)CCCCCCCCCS(=O)(=O)[O-].[K+]. The minimum Gasteiger partial charge on any atom is -0.748 e. The molecule has 0 amide bonds. The number of aliphatic hydroxyl groups excluding tert-OH is 1. The Morgan fingerprint density at radius 3 is 1.61 bits per heavy atom. The number of hydrogen-bond donors (Lipinski definition) is 1. The summed E-state index contributed by atoms with van der Waals surface area (Å²) < 4.78 is 31.3. The second kappa shape index (κ2) is 18.3. The average Bonchev–Trinajstić information content (AvgIpc) is 2.44. The van der Waals surface area contributed by atoms with Crippen LogP contribution in [-0.2, 0) is 10.1 Å². The zero-order valence-corrected chi connectivity index (χ0v) is 19.2. The van der Waals surface area contributed by atoms with E-state index in [0.717, 1.165) is 57.8 Å². The molecule has 0 aliphatic rings.